The Bertz CT molecular complexity index is 1200. The summed E-state index contributed by atoms with van der Waals surface area (Å²) in [6.07, 6.45) is 1.68. The van der Waals surface area contributed by atoms with Crippen LogP contribution in [0.1, 0.15) is 23.3 Å². The molecule has 2 heterocycles. The van der Waals surface area contributed by atoms with Crippen LogP contribution in [0.3, 0.4) is 0 Å². The second-order valence-electron chi connectivity index (χ2n) is 6.56. The van der Waals surface area contributed by atoms with Gasteiger partial charge in [-0.15, -0.1) is 0 Å². The van der Waals surface area contributed by atoms with Crippen LogP contribution in [0.5, 0.6) is 0 Å². The Labute approximate surface area is 166 Å². The van der Waals surface area contributed by atoms with Crippen molar-refractivity contribution in [3.63, 3.8) is 0 Å². The minimum absolute atomic E-state index is 0.0234. The van der Waals surface area contributed by atoms with Crippen LogP contribution < -0.4 is 5.56 Å². The Morgan fingerprint density at radius 1 is 1.07 bits per heavy atom. The Morgan fingerprint density at radius 2 is 1.82 bits per heavy atom. The van der Waals surface area contributed by atoms with E-state index < -0.39 is 0 Å². The Balaban J connectivity index is 1.87. The molecule has 0 fully saturated rings. The third-order valence-electron chi connectivity index (χ3n) is 4.50. The van der Waals surface area contributed by atoms with Crippen LogP contribution in [0.15, 0.2) is 76.8 Å². The number of halogens is 1. The minimum atomic E-state index is -0.273. The Hall–Kier alpha value is -2.99. The number of fused-ring (bicyclic) bond motifs is 1. The predicted molar refractivity (Wildman–Crippen MR) is 111 cm³/mol. The van der Waals surface area contributed by atoms with Crippen LogP contribution in [0.25, 0.3) is 16.7 Å². The lowest BCUT2D eigenvalue weighted by molar-refractivity contribution is 0.627. The van der Waals surface area contributed by atoms with Crippen LogP contribution >= 0.6 is 11.8 Å². The normalized spacial score (nSPS) is 12.2. The molecule has 4 nitrogen and oxygen atoms in total. The summed E-state index contributed by atoms with van der Waals surface area (Å²) >= 11 is 1.45. The Morgan fingerprint density at radius 3 is 2.57 bits per heavy atom. The molecule has 28 heavy (non-hydrogen) atoms. The molecule has 1 unspecified atom stereocenters. The minimum Gasteiger partial charge on any atom is -0.268 e. The standard InChI is InChI=1S/C22H18FN3OS/c1-14-11-12-24-20(13-14)26-21(27)18-5-3-4-6-19(18)25-22(26)28-15(2)16-7-9-17(23)10-8-16/h3-13,15H,1-2H3. The van der Waals surface area contributed by atoms with Crippen molar-refractivity contribution >= 4 is 22.7 Å². The molecule has 0 radical (unpaired) electrons. The molecule has 4 aromatic rings. The van der Waals surface area contributed by atoms with Crippen molar-refractivity contribution in [1.82, 2.24) is 14.5 Å². The molecule has 0 N–H and O–H groups in total. The van der Waals surface area contributed by atoms with Crippen LogP contribution in [0.2, 0.25) is 0 Å². The second kappa shape index (κ2) is 7.56. The summed E-state index contributed by atoms with van der Waals surface area (Å²) in [5, 5.41) is 1.08. The average Bonchev–Trinajstić information content (AvgIpc) is 2.68. The number of hydrogen-bond donors (Lipinski definition) is 0. The van der Waals surface area contributed by atoms with Crippen molar-refractivity contribution in [2.45, 2.75) is 24.3 Å². The van der Waals surface area contributed by atoms with Crippen LogP contribution in [-0.2, 0) is 0 Å². The first-order chi connectivity index (χ1) is 13.5. The average molecular weight is 391 g/mol. The Kier molecular flexibility index (Phi) is 4.96. The van der Waals surface area contributed by atoms with Crippen molar-refractivity contribution in [3.8, 4) is 5.82 Å². The molecule has 0 aliphatic rings. The molecule has 6 heteroatoms. The molecule has 0 saturated heterocycles. The van der Waals surface area contributed by atoms with Gasteiger partial charge >= 0.3 is 0 Å². The van der Waals surface area contributed by atoms with Crippen molar-refractivity contribution in [1.29, 1.82) is 0 Å². The number of hydrogen-bond acceptors (Lipinski definition) is 4. The summed E-state index contributed by atoms with van der Waals surface area (Å²) < 4.78 is 14.8. The van der Waals surface area contributed by atoms with Crippen molar-refractivity contribution < 1.29 is 4.39 Å². The van der Waals surface area contributed by atoms with Gasteiger partial charge in [-0.25, -0.2) is 18.9 Å². The van der Waals surface area contributed by atoms with Gasteiger partial charge in [-0.3, -0.25) is 4.79 Å². The first-order valence-electron chi connectivity index (χ1n) is 8.90. The summed E-state index contributed by atoms with van der Waals surface area (Å²) in [5.74, 6) is 0.266. The highest BCUT2D eigenvalue weighted by molar-refractivity contribution is 7.99. The summed E-state index contributed by atoms with van der Waals surface area (Å²) in [6.45, 7) is 3.96. The number of rotatable bonds is 4. The van der Waals surface area contributed by atoms with E-state index in [-0.39, 0.29) is 16.6 Å². The van der Waals surface area contributed by atoms with Gasteiger partial charge in [0.05, 0.1) is 10.9 Å². The van der Waals surface area contributed by atoms with Crippen LogP contribution in [0.4, 0.5) is 4.39 Å². The number of benzene rings is 2. The lowest BCUT2D eigenvalue weighted by Gasteiger charge is -2.16. The number of pyridine rings is 1. The molecule has 0 aliphatic carbocycles. The zero-order chi connectivity index (χ0) is 19.7. The molecule has 4 rings (SSSR count). The molecule has 2 aromatic carbocycles. The zero-order valence-corrected chi connectivity index (χ0v) is 16.3. The van der Waals surface area contributed by atoms with E-state index in [1.54, 1.807) is 29.0 Å². The highest BCUT2D eigenvalue weighted by Crippen LogP contribution is 2.34. The van der Waals surface area contributed by atoms with Gasteiger partial charge < -0.3 is 0 Å². The molecule has 140 valence electrons. The number of aryl methyl sites for hydroxylation is 1. The third kappa shape index (κ3) is 3.55. The SMILES string of the molecule is Cc1ccnc(-n2c(SC(C)c3ccc(F)cc3)nc3ccccc3c2=O)c1. The lowest BCUT2D eigenvalue weighted by atomic mass is 10.2. The van der Waals surface area contributed by atoms with E-state index in [0.717, 1.165) is 11.1 Å². The van der Waals surface area contributed by atoms with Crippen LogP contribution in [0, 0.1) is 12.7 Å². The summed E-state index contributed by atoms with van der Waals surface area (Å²) in [7, 11) is 0. The monoisotopic (exact) mass is 391 g/mol. The van der Waals surface area contributed by atoms with Gasteiger partial charge in [0, 0.05) is 11.4 Å². The van der Waals surface area contributed by atoms with Gasteiger partial charge in [0.15, 0.2) is 5.16 Å². The zero-order valence-electron chi connectivity index (χ0n) is 15.5. The highest BCUT2D eigenvalue weighted by atomic mass is 32.2. The number of thioether (sulfide) groups is 1. The second-order valence-corrected chi connectivity index (χ2v) is 7.86. The predicted octanol–water partition coefficient (Wildman–Crippen LogP) is 5.08. The highest BCUT2D eigenvalue weighted by Gasteiger charge is 2.17. The number of para-hydroxylation sites is 1. The van der Waals surface area contributed by atoms with Crippen molar-refractivity contribution in [2.24, 2.45) is 0 Å². The molecular formula is C22H18FN3OS. The van der Waals surface area contributed by atoms with E-state index in [2.05, 4.69) is 4.98 Å². The molecule has 0 spiro atoms. The van der Waals surface area contributed by atoms with Gasteiger partial charge in [0.1, 0.15) is 11.6 Å². The molecule has 0 bridgehead atoms. The fourth-order valence-corrected chi connectivity index (χ4v) is 4.04. The fraction of sp³-hybridized carbons (Fsp3) is 0.136. The van der Waals surface area contributed by atoms with Gasteiger partial charge in [0.25, 0.3) is 5.56 Å². The quantitative estimate of drug-likeness (QED) is 0.359. The van der Waals surface area contributed by atoms with Gasteiger partial charge in [-0.05, 0) is 61.4 Å². The molecule has 1 atom stereocenters. The maximum Gasteiger partial charge on any atom is 0.267 e. The first kappa shape index (κ1) is 18.4. The van der Waals surface area contributed by atoms with Crippen LogP contribution in [-0.4, -0.2) is 14.5 Å². The van der Waals surface area contributed by atoms with E-state index in [1.165, 1.54) is 23.9 Å². The molecule has 0 aliphatic heterocycles. The van der Waals surface area contributed by atoms with E-state index >= 15 is 0 Å². The van der Waals surface area contributed by atoms with Crippen molar-refractivity contribution in [3.05, 3.63) is 94.2 Å². The smallest absolute Gasteiger partial charge is 0.267 e. The third-order valence-corrected chi connectivity index (χ3v) is 5.61. The van der Waals surface area contributed by atoms with E-state index in [9.17, 15) is 9.18 Å². The number of aromatic nitrogens is 3. The molecule has 0 amide bonds. The van der Waals surface area contributed by atoms with E-state index in [4.69, 9.17) is 4.98 Å². The van der Waals surface area contributed by atoms with Gasteiger partial charge in [-0.2, -0.15) is 0 Å². The summed E-state index contributed by atoms with van der Waals surface area (Å²) in [6, 6.07) is 17.4. The first-order valence-corrected chi connectivity index (χ1v) is 9.78. The van der Waals surface area contributed by atoms with Crippen molar-refractivity contribution in [2.75, 3.05) is 0 Å². The largest absolute Gasteiger partial charge is 0.268 e. The maximum absolute atomic E-state index is 13.3. The van der Waals surface area contributed by atoms with Gasteiger partial charge in [-0.1, -0.05) is 36.0 Å². The molecular weight excluding hydrogens is 373 g/mol. The van der Waals surface area contributed by atoms with E-state index in [0.29, 0.717) is 21.9 Å². The summed E-state index contributed by atoms with van der Waals surface area (Å²) in [5.41, 5.74) is 2.45. The molecule has 0 saturated carbocycles. The summed E-state index contributed by atoms with van der Waals surface area (Å²) in [4.78, 5) is 22.4. The topological polar surface area (TPSA) is 47.8 Å². The number of nitrogens with zero attached hydrogens (tertiary/aromatic N) is 3. The van der Waals surface area contributed by atoms with Gasteiger partial charge in [0.2, 0.25) is 0 Å². The van der Waals surface area contributed by atoms with E-state index in [1.807, 2.05) is 44.2 Å². The fourth-order valence-electron chi connectivity index (χ4n) is 3.00. The maximum atomic E-state index is 13.3. The lowest BCUT2D eigenvalue weighted by Crippen LogP contribution is -2.23. The molecule has 2 aromatic heterocycles.